The van der Waals surface area contributed by atoms with E-state index in [2.05, 4.69) is 183 Å². The standard InChI is InChI=1S/C55H39N7/c56-54(60-55(42-30-34-58-35-31-42)59-38-39-28-32-57-33-29-39)43-36-47(40-16-5-1-6-17-40)53(48(37-43)41-18-7-2-8-19-41)62(45-22-11-4-12-23-45)51-27-15-26-50-52(51)46-24-13-14-25-49(46)61(50)44-20-9-3-10-21-44/h1-38,56H/b56-54?,59-38+,60-55-. The first-order valence-corrected chi connectivity index (χ1v) is 20.4. The molecule has 0 bridgehead atoms. The molecular weight excluding hydrogens is 759 g/mol. The van der Waals surface area contributed by atoms with Crippen LogP contribution in [0.1, 0.15) is 16.7 Å². The molecule has 0 saturated heterocycles. The number of hydrogen-bond acceptors (Lipinski definition) is 4. The molecular formula is C55H39N7. The summed E-state index contributed by atoms with van der Waals surface area (Å²) in [4.78, 5) is 20.5. The van der Waals surface area contributed by atoms with Gasteiger partial charge in [-0.3, -0.25) is 15.4 Å². The minimum absolute atomic E-state index is 0.0731. The Kier molecular flexibility index (Phi) is 10.3. The van der Waals surface area contributed by atoms with E-state index in [1.807, 2.05) is 36.4 Å². The summed E-state index contributed by atoms with van der Waals surface area (Å²) in [7, 11) is 0. The summed E-state index contributed by atoms with van der Waals surface area (Å²) in [5.74, 6) is 0.470. The summed E-state index contributed by atoms with van der Waals surface area (Å²) in [6, 6.07) is 68.9. The maximum Gasteiger partial charge on any atom is 0.161 e. The highest BCUT2D eigenvalue weighted by molar-refractivity contribution is 6.18. The molecule has 62 heavy (non-hydrogen) atoms. The Morgan fingerprint density at radius 1 is 0.532 bits per heavy atom. The second kappa shape index (κ2) is 17.0. The topological polar surface area (TPSA) is 82.5 Å². The molecule has 0 aliphatic rings. The highest BCUT2D eigenvalue weighted by Crippen LogP contribution is 2.50. The van der Waals surface area contributed by atoms with Crippen LogP contribution in [-0.4, -0.2) is 32.4 Å². The zero-order chi connectivity index (χ0) is 41.7. The Morgan fingerprint density at radius 2 is 1.08 bits per heavy atom. The highest BCUT2D eigenvalue weighted by atomic mass is 15.2. The molecule has 7 aromatic carbocycles. The van der Waals surface area contributed by atoms with Gasteiger partial charge in [-0.2, -0.15) is 0 Å². The summed E-state index contributed by atoms with van der Waals surface area (Å²) in [5.41, 5.74) is 12.5. The number of benzene rings is 7. The average molecular weight is 798 g/mol. The van der Waals surface area contributed by atoms with Crippen LogP contribution >= 0.6 is 0 Å². The molecule has 294 valence electrons. The number of para-hydroxylation sites is 3. The van der Waals surface area contributed by atoms with E-state index in [4.69, 9.17) is 9.98 Å². The Hall–Kier alpha value is -8.55. The van der Waals surface area contributed by atoms with E-state index in [0.29, 0.717) is 11.4 Å². The lowest BCUT2D eigenvalue weighted by atomic mass is 9.91. The number of aliphatic imine (C=N–C) groups is 2. The van der Waals surface area contributed by atoms with Gasteiger partial charge in [0.15, 0.2) is 11.7 Å². The molecule has 7 nitrogen and oxygen atoms in total. The molecule has 10 rings (SSSR count). The monoisotopic (exact) mass is 797 g/mol. The minimum Gasteiger partial charge on any atom is -0.309 e. The lowest BCUT2D eigenvalue weighted by molar-refractivity contribution is 1.18. The largest absolute Gasteiger partial charge is 0.309 e. The predicted molar refractivity (Wildman–Crippen MR) is 256 cm³/mol. The summed E-state index contributed by atoms with van der Waals surface area (Å²) in [6.07, 6.45) is 8.62. The van der Waals surface area contributed by atoms with Gasteiger partial charge in [-0.05, 0) is 95.6 Å². The Bertz CT molecular complexity index is 3160. The Labute approximate surface area is 359 Å². The molecule has 0 amide bonds. The van der Waals surface area contributed by atoms with Gasteiger partial charge in [0.25, 0.3) is 0 Å². The Morgan fingerprint density at radius 3 is 1.73 bits per heavy atom. The third-order valence-electron chi connectivity index (χ3n) is 10.9. The van der Waals surface area contributed by atoms with E-state index in [-0.39, 0.29) is 5.84 Å². The molecule has 3 heterocycles. The van der Waals surface area contributed by atoms with Crippen molar-refractivity contribution >= 4 is 56.8 Å². The van der Waals surface area contributed by atoms with Gasteiger partial charge < -0.3 is 9.47 Å². The number of pyridine rings is 2. The maximum atomic E-state index is 9.70. The van der Waals surface area contributed by atoms with Crippen molar-refractivity contribution in [2.75, 3.05) is 4.90 Å². The molecule has 7 heteroatoms. The fourth-order valence-electron chi connectivity index (χ4n) is 8.12. The number of rotatable bonds is 9. The van der Waals surface area contributed by atoms with Crippen LogP contribution in [0.4, 0.5) is 17.1 Å². The maximum absolute atomic E-state index is 9.70. The van der Waals surface area contributed by atoms with Gasteiger partial charge in [-0.1, -0.05) is 121 Å². The van der Waals surface area contributed by atoms with Crippen molar-refractivity contribution in [3.05, 3.63) is 242 Å². The number of hydrogen-bond donors (Lipinski definition) is 1. The van der Waals surface area contributed by atoms with Gasteiger partial charge in [0, 0.05) is 75.4 Å². The van der Waals surface area contributed by atoms with E-state index in [0.717, 1.165) is 77.9 Å². The number of anilines is 3. The normalized spacial score (nSPS) is 11.6. The van der Waals surface area contributed by atoms with Crippen LogP contribution in [0.25, 0.3) is 49.7 Å². The zero-order valence-corrected chi connectivity index (χ0v) is 33.6. The third kappa shape index (κ3) is 7.35. The third-order valence-corrected chi connectivity index (χ3v) is 10.9. The van der Waals surface area contributed by atoms with Crippen molar-refractivity contribution in [3.8, 4) is 27.9 Å². The van der Waals surface area contributed by atoms with Crippen LogP contribution in [0.5, 0.6) is 0 Å². The molecule has 0 unspecified atom stereocenters. The number of fused-ring (bicyclic) bond motifs is 3. The molecule has 0 fully saturated rings. The van der Waals surface area contributed by atoms with Crippen LogP contribution < -0.4 is 4.90 Å². The van der Waals surface area contributed by atoms with Crippen LogP contribution in [0.2, 0.25) is 0 Å². The first kappa shape index (κ1) is 37.7. The van der Waals surface area contributed by atoms with Crippen molar-refractivity contribution in [1.29, 1.82) is 5.41 Å². The fourth-order valence-corrected chi connectivity index (χ4v) is 8.12. The molecule has 3 aromatic heterocycles. The van der Waals surface area contributed by atoms with Gasteiger partial charge in [0.2, 0.25) is 0 Å². The molecule has 10 aromatic rings. The molecule has 1 N–H and O–H groups in total. The van der Waals surface area contributed by atoms with Crippen LogP contribution in [0.15, 0.2) is 235 Å². The van der Waals surface area contributed by atoms with Crippen LogP contribution in [-0.2, 0) is 0 Å². The van der Waals surface area contributed by atoms with Crippen molar-refractivity contribution in [3.63, 3.8) is 0 Å². The number of aromatic nitrogens is 3. The van der Waals surface area contributed by atoms with Crippen molar-refractivity contribution < 1.29 is 0 Å². The van der Waals surface area contributed by atoms with Gasteiger partial charge in [0.1, 0.15) is 0 Å². The predicted octanol–water partition coefficient (Wildman–Crippen LogP) is 13.3. The van der Waals surface area contributed by atoms with E-state index < -0.39 is 0 Å². The van der Waals surface area contributed by atoms with E-state index in [1.165, 1.54) is 0 Å². The number of nitrogens with zero attached hydrogens (tertiary/aromatic N) is 6. The summed E-state index contributed by atoms with van der Waals surface area (Å²) in [6.45, 7) is 0. The number of nitrogens with one attached hydrogen (secondary N) is 1. The van der Waals surface area contributed by atoms with Crippen LogP contribution in [0, 0.1) is 5.41 Å². The van der Waals surface area contributed by atoms with Crippen molar-refractivity contribution in [2.45, 2.75) is 0 Å². The van der Waals surface area contributed by atoms with E-state index in [1.54, 1.807) is 31.0 Å². The number of amidine groups is 2. The summed E-state index contributed by atoms with van der Waals surface area (Å²) < 4.78 is 2.35. The SMILES string of the molecule is N=C(/N=C(\N=C\c1ccncc1)c1ccncc1)c1cc(-c2ccccc2)c(N(c2ccccc2)c2cccc3c2c2ccccc2n3-c2ccccc2)c(-c2ccccc2)c1. The van der Waals surface area contributed by atoms with Crippen molar-refractivity contribution in [1.82, 2.24) is 14.5 Å². The first-order valence-electron chi connectivity index (χ1n) is 20.4. The Balaban J connectivity index is 1.26. The van der Waals surface area contributed by atoms with Crippen molar-refractivity contribution in [2.24, 2.45) is 9.98 Å². The first-order chi connectivity index (χ1) is 30.7. The lowest BCUT2D eigenvalue weighted by Gasteiger charge is -2.31. The van der Waals surface area contributed by atoms with E-state index in [9.17, 15) is 5.41 Å². The second-order valence-corrected chi connectivity index (χ2v) is 14.7. The van der Waals surface area contributed by atoms with Gasteiger partial charge in [-0.25, -0.2) is 9.98 Å². The summed E-state index contributed by atoms with van der Waals surface area (Å²) in [5, 5.41) is 12.0. The summed E-state index contributed by atoms with van der Waals surface area (Å²) >= 11 is 0. The van der Waals surface area contributed by atoms with Gasteiger partial charge in [0.05, 0.1) is 22.4 Å². The minimum atomic E-state index is 0.0731. The zero-order valence-electron chi connectivity index (χ0n) is 33.6. The average Bonchev–Trinajstić information content (AvgIpc) is 3.69. The lowest BCUT2D eigenvalue weighted by Crippen LogP contribution is -2.14. The highest BCUT2D eigenvalue weighted by Gasteiger charge is 2.27. The molecule has 0 radical (unpaired) electrons. The van der Waals surface area contributed by atoms with E-state index >= 15 is 0 Å². The fraction of sp³-hybridized carbons (Fsp3) is 0. The van der Waals surface area contributed by atoms with Crippen LogP contribution in [0.3, 0.4) is 0 Å². The van der Waals surface area contributed by atoms with Gasteiger partial charge in [-0.15, -0.1) is 0 Å². The smallest absolute Gasteiger partial charge is 0.161 e. The molecule has 0 saturated carbocycles. The van der Waals surface area contributed by atoms with Gasteiger partial charge >= 0.3 is 0 Å². The quantitative estimate of drug-likeness (QED) is 0.117. The molecule has 0 aliphatic heterocycles. The molecule has 0 aliphatic carbocycles. The molecule has 0 atom stereocenters. The second-order valence-electron chi connectivity index (χ2n) is 14.7. The molecule has 0 spiro atoms.